The first-order valence-corrected chi connectivity index (χ1v) is 5.34. The maximum atomic E-state index is 5.05. The number of hydrogen-bond acceptors (Lipinski definition) is 4. The molecule has 15 heavy (non-hydrogen) atoms. The molecule has 1 heterocycles. The zero-order valence-corrected chi connectivity index (χ0v) is 9.66. The summed E-state index contributed by atoms with van der Waals surface area (Å²) in [7, 11) is 1.62. The highest BCUT2D eigenvalue weighted by Gasteiger charge is 2.04. The van der Waals surface area contributed by atoms with E-state index < -0.39 is 0 Å². The third-order valence-corrected chi connectivity index (χ3v) is 2.17. The second kappa shape index (κ2) is 6.35. The van der Waals surface area contributed by atoms with E-state index >= 15 is 0 Å². The van der Waals surface area contributed by atoms with E-state index in [9.17, 15) is 0 Å². The molecule has 0 spiro atoms. The van der Waals surface area contributed by atoms with Crippen molar-refractivity contribution in [3.8, 4) is 5.88 Å². The van der Waals surface area contributed by atoms with Crippen LogP contribution in [-0.4, -0.2) is 29.7 Å². The van der Waals surface area contributed by atoms with Crippen molar-refractivity contribution in [2.45, 2.75) is 32.7 Å². The predicted octanol–water partition coefficient (Wildman–Crippen LogP) is 1.42. The van der Waals surface area contributed by atoms with Crippen molar-refractivity contribution in [1.29, 1.82) is 0 Å². The minimum atomic E-state index is 0.435. The van der Waals surface area contributed by atoms with Crippen LogP contribution >= 0.6 is 0 Å². The number of ether oxygens (including phenoxy) is 1. The van der Waals surface area contributed by atoms with Gasteiger partial charge in [-0.3, -0.25) is 0 Å². The summed E-state index contributed by atoms with van der Waals surface area (Å²) in [6.45, 7) is 5.36. The van der Waals surface area contributed by atoms with Gasteiger partial charge in [-0.05, 0) is 19.9 Å². The maximum absolute atomic E-state index is 5.05. The fraction of sp³-hybridized carbons (Fsp3) is 0.636. The van der Waals surface area contributed by atoms with Gasteiger partial charge in [0.15, 0.2) is 0 Å². The topological polar surface area (TPSA) is 47.0 Å². The molecule has 0 aliphatic rings. The molecule has 4 nitrogen and oxygen atoms in total. The lowest BCUT2D eigenvalue weighted by Gasteiger charge is -2.12. The number of nitrogens with zero attached hydrogens (tertiary/aromatic N) is 2. The Bertz CT molecular complexity index is 291. The molecule has 1 N–H and O–H groups in total. The van der Waals surface area contributed by atoms with Crippen molar-refractivity contribution < 1.29 is 4.74 Å². The molecule has 0 aliphatic carbocycles. The van der Waals surface area contributed by atoms with Crippen molar-refractivity contribution in [3.63, 3.8) is 0 Å². The van der Waals surface area contributed by atoms with Crippen molar-refractivity contribution in [3.05, 3.63) is 18.1 Å². The first kappa shape index (κ1) is 11.9. The maximum Gasteiger partial charge on any atom is 0.216 e. The normalized spacial score (nSPS) is 12.5. The second-order valence-corrected chi connectivity index (χ2v) is 3.61. The van der Waals surface area contributed by atoms with Gasteiger partial charge in [-0.1, -0.05) is 6.92 Å². The zero-order chi connectivity index (χ0) is 11.1. The number of methoxy groups -OCH3 is 1. The third kappa shape index (κ3) is 4.25. The summed E-state index contributed by atoms with van der Waals surface area (Å²) in [5.74, 6) is 0.627. The third-order valence-electron chi connectivity index (χ3n) is 2.17. The second-order valence-electron chi connectivity index (χ2n) is 3.61. The van der Waals surface area contributed by atoms with Crippen LogP contribution in [0.1, 0.15) is 26.0 Å². The molecule has 0 amide bonds. The molecule has 4 heteroatoms. The van der Waals surface area contributed by atoms with Gasteiger partial charge in [-0.15, -0.1) is 0 Å². The summed E-state index contributed by atoms with van der Waals surface area (Å²) in [5, 5.41) is 3.42. The molecule has 0 saturated heterocycles. The lowest BCUT2D eigenvalue weighted by atomic mass is 10.2. The summed E-state index contributed by atoms with van der Waals surface area (Å²) in [6, 6.07) is 2.31. The molecule has 0 saturated carbocycles. The van der Waals surface area contributed by atoms with Gasteiger partial charge in [0.25, 0.3) is 0 Å². The number of nitrogens with one attached hydrogen (secondary N) is 1. The quantitative estimate of drug-likeness (QED) is 0.769. The van der Waals surface area contributed by atoms with Gasteiger partial charge < -0.3 is 10.1 Å². The average Bonchev–Trinajstić information content (AvgIpc) is 2.26. The van der Waals surface area contributed by atoms with Gasteiger partial charge in [-0.25, -0.2) is 9.97 Å². The van der Waals surface area contributed by atoms with Crippen LogP contribution in [0.15, 0.2) is 12.4 Å². The summed E-state index contributed by atoms with van der Waals surface area (Å²) in [5.41, 5.74) is 1.01. The van der Waals surface area contributed by atoms with Crippen molar-refractivity contribution in [2.24, 2.45) is 0 Å². The Morgan fingerprint density at radius 3 is 2.93 bits per heavy atom. The van der Waals surface area contributed by atoms with Gasteiger partial charge in [-0.2, -0.15) is 0 Å². The van der Waals surface area contributed by atoms with Gasteiger partial charge in [0, 0.05) is 24.2 Å². The van der Waals surface area contributed by atoms with Crippen LogP contribution in [-0.2, 0) is 6.42 Å². The summed E-state index contributed by atoms with van der Waals surface area (Å²) >= 11 is 0. The van der Waals surface area contributed by atoms with Crippen LogP contribution < -0.4 is 10.1 Å². The monoisotopic (exact) mass is 209 g/mol. The highest BCUT2D eigenvalue weighted by Crippen LogP contribution is 2.07. The Labute approximate surface area is 91.1 Å². The van der Waals surface area contributed by atoms with Crippen molar-refractivity contribution in [1.82, 2.24) is 15.3 Å². The molecule has 0 aliphatic heterocycles. The van der Waals surface area contributed by atoms with E-state index in [1.165, 1.54) is 0 Å². The molecule has 1 unspecified atom stereocenters. The number of hydrogen-bond donors (Lipinski definition) is 1. The van der Waals surface area contributed by atoms with Crippen LogP contribution in [0.5, 0.6) is 5.88 Å². The number of rotatable bonds is 6. The Hall–Kier alpha value is -1.16. The highest BCUT2D eigenvalue weighted by molar-refractivity contribution is 5.14. The van der Waals surface area contributed by atoms with Crippen LogP contribution in [0.3, 0.4) is 0 Å². The fourth-order valence-corrected chi connectivity index (χ4v) is 1.38. The van der Waals surface area contributed by atoms with Gasteiger partial charge in [0.2, 0.25) is 5.88 Å². The number of aromatic nitrogens is 2. The largest absolute Gasteiger partial charge is 0.481 e. The minimum absolute atomic E-state index is 0.435. The molecular formula is C11H19N3O. The Morgan fingerprint density at radius 2 is 2.27 bits per heavy atom. The molecule has 0 fully saturated rings. The van der Waals surface area contributed by atoms with Crippen LogP contribution in [0, 0.1) is 0 Å². The van der Waals surface area contributed by atoms with E-state index in [1.54, 1.807) is 13.4 Å². The van der Waals surface area contributed by atoms with Gasteiger partial charge in [0.1, 0.15) is 6.33 Å². The van der Waals surface area contributed by atoms with Crippen molar-refractivity contribution in [2.75, 3.05) is 13.7 Å². The average molecular weight is 209 g/mol. The SMILES string of the molecule is CCCNC(C)Cc1cc(OC)ncn1. The molecule has 0 bridgehead atoms. The van der Waals surface area contributed by atoms with Crippen LogP contribution in [0.2, 0.25) is 0 Å². The van der Waals surface area contributed by atoms with Crippen LogP contribution in [0.25, 0.3) is 0 Å². The highest BCUT2D eigenvalue weighted by atomic mass is 16.5. The van der Waals surface area contributed by atoms with E-state index in [-0.39, 0.29) is 0 Å². The first-order valence-electron chi connectivity index (χ1n) is 5.34. The standard InChI is InChI=1S/C11H19N3O/c1-4-5-12-9(2)6-10-7-11(15-3)14-8-13-10/h7-9,12H,4-6H2,1-3H3. The molecule has 84 valence electrons. The lowest BCUT2D eigenvalue weighted by molar-refractivity contribution is 0.395. The van der Waals surface area contributed by atoms with E-state index in [1.807, 2.05) is 6.07 Å². The Kier molecular flexibility index (Phi) is 5.04. The Balaban J connectivity index is 2.48. The first-order chi connectivity index (χ1) is 7.26. The molecule has 1 atom stereocenters. The molecule has 0 radical (unpaired) electrons. The lowest BCUT2D eigenvalue weighted by Crippen LogP contribution is -2.28. The van der Waals surface area contributed by atoms with Crippen molar-refractivity contribution >= 4 is 0 Å². The summed E-state index contributed by atoms with van der Waals surface area (Å²) < 4.78 is 5.05. The summed E-state index contributed by atoms with van der Waals surface area (Å²) in [6.07, 6.45) is 3.59. The van der Waals surface area contributed by atoms with Crippen LogP contribution in [0.4, 0.5) is 0 Å². The molecule has 1 aromatic rings. The molecule has 1 rings (SSSR count). The predicted molar refractivity (Wildman–Crippen MR) is 60.0 cm³/mol. The molecule has 0 aromatic carbocycles. The molecule has 1 aromatic heterocycles. The fourth-order valence-electron chi connectivity index (χ4n) is 1.38. The van der Waals surface area contributed by atoms with E-state index in [4.69, 9.17) is 4.74 Å². The van der Waals surface area contributed by atoms with E-state index in [0.29, 0.717) is 11.9 Å². The zero-order valence-electron chi connectivity index (χ0n) is 9.66. The molecular weight excluding hydrogens is 190 g/mol. The van der Waals surface area contributed by atoms with E-state index in [2.05, 4.69) is 29.1 Å². The minimum Gasteiger partial charge on any atom is -0.481 e. The van der Waals surface area contributed by atoms with Gasteiger partial charge >= 0.3 is 0 Å². The summed E-state index contributed by atoms with van der Waals surface area (Å²) in [4.78, 5) is 8.18. The smallest absolute Gasteiger partial charge is 0.216 e. The van der Waals surface area contributed by atoms with Gasteiger partial charge in [0.05, 0.1) is 7.11 Å². The Morgan fingerprint density at radius 1 is 1.47 bits per heavy atom. The van der Waals surface area contributed by atoms with E-state index in [0.717, 1.165) is 25.1 Å².